The minimum Gasteiger partial charge on any atom is -0.455 e. The third-order valence-corrected chi connectivity index (χ3v) is 5.79. The van der Waals surface area contributed by atoms with Gasteiger partial charge in [-0.05, 0) is 37.5 Å². The molecule has 3 N–H and O–H groups in total. The lowest BCUT2D eigenvalue weighted by atomic mass is 9.93. The number of aryl methyl sites for hydroxylation is 1. The van der Waals surface area contributed by atoms with Crippen molar-refractivity contribution in [3.63, 3.8) is 0 Å². The summed E-state index contributed by atoms with van der Waals surface area (Å²) < 4.78 is 5.81. The summed E-state index contributed by atoms with van der Waals surface area (Å²) in [5, 5.41) is 4.59. The van der Waals surface area contributed by atoms with Gasteiger partial charge in [0.05, 0.1) is 22.7 Å². The molecular formula is C25H23ClN4O4. The molecule has 0 fully saturated rings. The number of furan rings is 1. The Hall–Kier alpha value is -3.91. The third-order valence-electron chi connectivity index (χ3n) is 5.46. The van der Waals surface area contributed by atoms with Crippen molar-refractivity contribution >= 4 is 35.0 Å². The van der Waals surface area contributed by atoms with Crippen LogP contribution in [0.1, 0.15) is 56.2 Å². The van der Waals surface area contributed by atoms with Gasteiger partial charge >= 0.3 is 5.91 Å². The molecule has 0 unspecified atom stereocenters. The maximum Gasteiger partial charge on any atom is 0.305 e. The molecule has 0 radical (unpaired) electrons. The molecule has 34 heavy (non-hydrogen) atoms. The van der Waals surface area contributed by atoms with E-state index in [-0.39, 0.29) is 28.7 Å². The Labute approximate surface area is 201 Å². The van der Waals surface area contributed by atoms with Crippen molar-refractivity contribution in [2.45, 2.75) is 32.6 Å². The molecule has 0 saturated heterocycles. The van der Waals surface area contributed by atoms with Crippen molar-refractivity contribution in [2.24, 2.45) is 5.10 Å². The molecule has 0 atom stereocenters. The number of halogens is 1. The van der Waals surface area contributed by atoms with Crippen LogP contribution < -0.4 is 16.3 Å². The van der Waals surface area contributed by atoms with Gasteiger partial charge in [0.25, 0.3) is 5.91 Å². The first kappa shape index (κ1) is 23.3. The number of benzene rings is 2. The van der Waals surface area contributed by atoms with Crippen LogP contribution in [-0.4, -0.2) is 23.4 Å². The van der Waals surface area contributed by atoms with Crippen molar-refractivity contribution < 1.29 is 18.8 Å². The lowest BCUT2D eigenvalue weighted by Gasteiger charge is -2.13. The zero-order chi connectivity index (χ0) is 24.1. The van der Waals surface area contributed by atoms with Crippen molar-refractivity contribution in [1.29, 1.82) is 0 Å². The van der Waals surface area contributed by atoms with Crippen LogP contribution in [0.25, 0.3) is 0 Å². The quantitative estimate of drug-likeness (QED) is 0.485. The highest BCUT2D eigenvalue weighted by Gasteiger charge is 2.28. The van der Waals surface area contributed by atoms with Crippen molar-refractivity contribution in [2.75, 3.05) is 0 Å². The van der Waals surface area contributed by atoms with Gasteiger partial charge < -0.3 is 4.42 Å². The number of rotatable bonds is 5. The van der Waals surface area contributed by atoms with Gasteiger partial charge in [-0.2, -0.15) is 5.10 Å². The van der Waals surface area contributed by atoms with Crippen LogP contribution >= 0.6 is 11.6 Å². The molecule has 2 aromatic carbocycles. The maximum atomic E-state index is 12.7. The lowest BCUT2D eigenvalue weighted by Crippen LogP contribution is -2.41. The molecule has 0 saturated carbocycles. The molecule has 0 spiro atoms. The summed E-state index contributed by atoms with van der Waals surface area (Å²) in [4.78, 5) is 37.3. The monoisotopic (exact) mass is 478 g/mol. The molecule has 0 aliphatic heterocycles. The van der Waals surface area contributed by atoms with Crippen LogP contribution in [0.2, 0.25) is 5.02 Å². The van der Waals surface area contributed by atoms with Gasteiger partial charge in [-0.1, -0.05) is 54.1 Å². The highest BCUT2D eigenvalue weighted by atomic mass is 35.5. The zero-order valence-electron chi connectivity index (χ0n) is 18.5. The van der Waals surface area contributed by atoms with Crippen LogP contribution in [0, 0.1) is 6.92 Å². The van der Waals surface area contributed by atoms with Crippen LogP contribution in [0.5, 0.6) is 0 Å². The second-order valence-corrected chi connectivity index (χ2v) is 8.26. The number of nitrogens with zero attached hydrogens (tertiary/aromatic N) is 1. The molecule has 174 valence electrons. The summed E-state index contributed by atoms with van der Waals surface area (Å²) in [7, 11) is 0. The van der Waals surface area contributed by atoms with E-state index in [0.29, 0.717) is 35.4 Å². The fourth-order valence-electron chi connectivity index (χ4n) is 3.83. The fraction of sp³-hybridized carbons (Fsp3) is 0.200. The van der Waals surface area contributed by atoms with Gasteiger partial charge in [-0.15, -0.1) is 0 Å². The lowest BCUT2D eigenvalue weighted by molar-refractivity contribution is -0.120. The molecule has 4 rings (SSSR count). The second-order valence-electron chi connectivity index (χ2n) is 7.85. The first-order valence-electron chi connectivity index (χ1n) is 10.8. The number of carbonyl (C=O) groups excluding carboxylic acids is 3. The Balaban J connectivity index is 1.45. The fourth-order valence-corrected chi connectivity index (χ4v) is 4.05. The summed E-state index contributed by atoms with van der Waals surface area (Å²) in [6, 6.07) is 15.9. The Morgan fingerprint density at radius 3 is 2.44 bits per heavy atom. The molecular weight excluding hydrogens is 456 g/mol. The molecule has 0 bridgehead atoms. The molecule has 1 aliphatic rings. The average molecular weight is 479 g/mol. The van der Waals surface area contributed by atoms with Crippen molar-refractivity contribution in [3.8, 4) is 0 Å². The summed E-state index contributed by atoms with van der Waals surface area (Å²) in [5.41, 5.74) is 10.4. The summed E-state index contributed by atoms with van der Waals surface area (Å²) in [6.45, 7) is 1.75. The van der Waals surface area contributed by atoms with E-state index >= 15 is 0 Å². The largest absolute Gasteiger partial charge is 0.455 e. The normalized spacial score (nSPS) is 13.8. The van der Waals surface area contributed by atoms with Gasteiger partial charge in [0.15, 0.2) is 5.76 Å². The topological polar surface area (TPSA) is 113 Å². The summed E-state index contributed by atoms with van der Waals surface area (Å²) >= 11 is 6.02. The first-order valence-corrected chi connectivity index (χ1v) is 11.2. The molecule has 1 aromatic heterocycles. The molecule has 8 nitrogen and oxygen atoms in total. The first-order chi connectivity index (χ1) is 16.4. The van der Waals surface area contributed by atoms with Gasteiger partial charge in [0, 0.05) is 17.5 Å². The minimum atomic E-state index is -0.597. The second kappa shape index (κ2) is 10.4. The molecule has 1 aliphatic carbocycles. The number of hydrazine groups is 1. The number of fused-ring (bicyclic) bond motifs is 1. The predicted molar refractivity (Wildman–Crippen MR) is 128 cm³/mol. The van der Waals surface area contributed by atoms with E-state index < -0.39 is 11.8 Å². The maximum absolute atomic E-state index is 12.7. The van der Waals surface area contributed by atoms with E-state index in [1.807, 2.05) is 30.3 Å². The number of amides is 3. The number of hydrazone groups is 1. The van der Waals surface area contributed by atoms with Crippen LogP contribution in [0.15, 0.2) is 64.1 Å². The summed E-state index contributed by atoms with van der Waals surface area (Å²) in [5.74, 6) is -0.666. The number of hydrogen-bond donors (Lipinski definition) is 3. The van der Waals surface area contributed by atoms with Gasteiger partial charge in [0.2, 0.25) is 5.91 Å². The van der Waals surface area contributed by atoms with E-state index in [1.165, 1.54) is 0 Å². The Bertz CT molecular complexity index is 1270. The smallest absolute Gasteiger partial charge is 0.305 e. The molecule has 1 heterocycles. The zero-order valence-corrected chi connectivity index (χ0v) is 19.2. The SMILES string of the molecule is Cc1c(C(=O)NNC(=O)c2ccccc2Cl)oc2c1/C(=N/NC(=O)Cc1ccccc1)CCC2. The van der Waals surface area contributed by atoms with Gasteiger partial charge in [-0.3, -0.25) is 25.2 Å². The predicted octanol–water partition coefficient (Wildman–Crippen LogP) is 3.72. The van der Waals surface area contributed by atoms with Crippen LogP contribution in [0.3, 0.4) is 0 Å². The minimum absolute atomic E-state index is 0.0784. The molecule has 9 heteroatoms. The van der Waals surface area contributed by atoms with Crippen molar-refractivity contribution in [1.82, 2.24) is 16.3 Å². The summed E-state index contributed by atoms with van der Waals surface area (Å²) in [6.07, 6.45) is 2.28. The Morgan fingerprint density at radius 2 is 1.68 bits per heavy atom. The molecule has 3 amide bonds. The third kappa shape index (κ3) is 5.18. The van der Waals surface area contributed by atoms with Crippen molar-refractivity contribution in [3.05, 3.63) is 93.4 Å². The number of carbonyl (C=O) groups is 3. The van der Waals surface area contributed by atoms with E-state index in [2.05, 4.69) is 21.4 Å². The standard InChI is InChI=1S/C25H23ClN4O4/c1-15-22-19(27-28-21(31)14-16-8-3-2-4-9-16)12-7-13-20(22)34-23(15)25(33)30-29-24(32)17-10-5-6-11-18(17)26/h2-6,8-11H,7,12-14H2,1H3,(H,28,31)(H,29,32)(H,30,33)/b27-19+. The molecule has 3 aromatic rings. The van der Waals surface area contributed by atoms with Crippen LogP contribution in [0.4, 0.5) is 0 Å². The number of hydrogen-bond acceptors (Lipinski definition) is 5. The van der Waals surface area contributed by atoms with Gasteiger partial charge in [0.1, 0.15) is 5.76 Å². The van der Waals surface area contributed by atoms with E-state index in [0.717, 1.165) is 12.0 Å². The average Bonchev–Trinajstić information content (AvgIpc) is 3.19. The highest BCUT2D eigenvalue weighted by Crippen LogP contribution is 2.29. The Morgan fingerprint density at radius 1 is 0.971 bits per heavy atom. The van der Waals surface area contributed by atoms with E-state index in [1.54, 1.807) is 31.2 Å². The highest BCUT2D eigenvalue weighted by molar-refractivity contribution is 6.33. The number of nitrogens with one attached hydrogen (secondary N) is 3. The van der Waals surface area contributed by atoms with Crippen LogP contribution in [-0.2, 0) is 17.6 Å². The Kier molecular flexibility index (Phi) is 7.08. The van der Waals surface area contributed by atoms with E-state index in [4.69, 9.17) is 16.0 Å². The van der Waals surface area contributed by atoms with Gasteiger partial charge in [-0.25, -0.2) is 5.43 Å². The van der Waals surface area contributed by atoms with E-state index in [9.17, 15) is 14.4 Å².